The first-order valence-electron chi connectivity index (χ1n) is 7.49. The van der Waals surface area contributed by atoms with Crippen LogP contribution in [0.15, 0.2) is 55.1 Å². The summed E-state index contributed by atoms with van der Waals surface area (Å²) in [5, 5.41) is 15.1. The molecule has 118 valence electrons. The Morgan fingerprint density at radius 3 is 2.86 bits per heavy atom. The van der Waals surface area contributed by atoms with Gasteiger partial charge in [-0.1, -0.05) is 42.5 Å². The molecule has 0 bridgehead atoms. The maximum atomic E-state index is 9.67. The van der Waals surface area contributed by atoms with Crippen LogP contribution >= 0.6 is 0 Å². The van der Waals surface area contributed by atoms with Crippen LogP contribution in [0.1, 0.15) is 0 Å². The van der Waals surface area contributed by atoms with Crippen molar-refractivity contribution in [2.45, 2.75) is 6.10 Å². The van der Waals surface area contributed by atoms with Crippen LogP contribution in [0.4, 0.5) is 0 Å². The zero-order chi connectivity index (χ0) is 15.6. The molecule has 0 aliphatic heterocycles. The average molecular weight is 301 g/mol. The van der Waals surface area contributed by atoms with E-state index >= 15 is 0 Å². The Bertz CT molecular complexity index is 580. The molecule has 0 saturated heterocycles. The maximum absolute atomic E-state index is 9.67. The number of hydrogen-bond donors (Lipinski definition) is 2. The largest absolute Gasteiger partial charge is 0.492 e. The predicted octanol–water partition coefficient (Wildman–Crippen LogP) is 2.37. The monoisotopic (exact) mass is 301 g/mol. The van der Waals surface area contributed by atoms with Crippen LogP contribution in [0.5, 0.6) is 5.75 Å². The topological polar surface area (TPSA) is 50.7 Å². The van der Waals surface area contributed by atoms with Gasteiger partial charge in [0, 0.05) is 18.5 Å². The quantitative estimate of drug-likeness (QED) is 0.522. The molecule has 0 aliphatic carbocycles. The highest BCUT2D eigenvalue weighted by atomic mass is 16.5. The number of ether oxygens (including phenoxy) is 2. The minimum Gasteiger partial charge on any atom is -0.492 e. The van der Waals surface area contributed by atoms with Crippen molar-refractivity contribution in [2.75, 3.05) is 32.9 Å². The predicted molar refractivity (Wildman–Crippen MR) is 89.3 cm³/mol. The van der Waals surface area contributed by atoms with Crippen LogP contribution in [-0.4, -0.2) is 44.1 Å². The van der Waals surface area contributed by atoms with Crippen LogP contribution in [0.25, 0.3) is 10.8 Å². The Labute approximate surface area is 131 Å². The molecule has 0 aliphatic rings. The average Bonchev–Trinajstić information content (AvgIpc) is 2.55. The van der Waals surface area contributed by atoms with Crippen molar-refractivity contribution < 1.29 is 14.6 Å². The molecule has 0 spiro atoms. The van der Waals surface area contributed by atoms with Crippen molar-refractivity contribution in [1.29, 1.82) is 0 Å². The first-order chi connectivity index (χ1) is 10.8. The van der Waals surface area contributed by atoms with Crippen molar-refractivity contribution >= 4 is 10.8 Å². The third-order valence-corrected chi connectivity index (χ3v) is 3.21. The second-order valence-electron chi connectivity index (χ2n) is 5.01. The number of rotatable bonds is 10. The molecule has 0 aromatic heterocycles. The first kappa shape index (κ1) is 16.5. The van der Waals surface area contributed by atoms with Crippen LogP contribution < -0.4 is 10.1 Å². The molecule has 0 unspecified atom stereocenters. The summed E-state index contributed by atoms with van der Waals surface area (Å²) in [7, 11) is 0. The van der Waals surface area contributed by atoms with Gasteiger partial charge in [0.25, 0.3) is 0 Å². The Morgan fingerprint density at radius 1 is 1.18 bits per heavy atom. The molecular weight excluding hydrogens is 278 g/mol. The van der Waals surface area contributed by atoms with Gasteiger partial charge in [0.05, 0.1) is 19.3 Å². The fourth-order valence-corrected chi connectivity index (χ4v) is 2.17. The number of aliphatic hydroxyl groups excluding tert-OH is 1. The van der Waals surface area contributed by atoms with E-state index in [0.29, 0.717) is 32.9 Å². The van der Waals surface area contributed by atoms with Crippen LogP contribution in [0.2, 0.25) is 0 Å². The molecular formula is C18H23NO3. The van der Waals surface area contributed by atoms with Crippen LogP contribution in [0, 0.1) is 0 Å². The third kappa shape index (κ3) is 5.15. The number of benzene rings is 2. The molecule has 4 heteroatoms. The van der Waals surface area contributed by atoms with Crippen molar-refractivity contribution in [3.63, 3.8) is 0 Å². The van der Waals surface area contributed by atoms with E-state index in [1.54, 1.807) is 6.08 Å². The Morgan fingerprint density at radius 2 is 2.00 bits per heavy atom. The van der Waals surface area contributed by atoms with Crippen LogP contribution in [0.3, 0.4) is 0 Å². The van der Waals surface area contributed by atoms with E-state index in [-0.39, 0.29) is 0 Å². The number of nitrogens with one attached hydrogen (secondary N) is 1. The molecule has 0 saturated carbocycles. The molecule has 2 rings (SSSR count). The molecule has 0 heterocycles. The SMILES string of the molecule is C=CCOC[C@@H](O)CNCCOc1cccc2ccccc12. The van der Waals surface area contributed by atoms with Crippen molar-refractivity contribution in [2.24, 2.45) is 0 Å². The van der Waals surface area contributed by atoms with Crippen LogP contribution in [-0.2, 0) is 4.74 Å². The fraction of sp³-hybridized carbons (Fsp3) is 0.333. The van der Waals surface area contributed by atoms with Gasteiger partial charge >= 0.3 is 0 Å². The van der Waals surface area contributed by atoms with Gasteiger partial charge in [-0.3, -0.25) is 0 Å². The Balaban J connectivity index is 1.69. The summed E-state index contributed by atoms with van der Waals surface area (Å²) in [6.45, 7) is 6.02. The minimum atomic E-state index is -0.516. The molecule has 0 fully saturated rings. The lowest BCUT2D eigenvalue weighted by Crippen LogP contribution is -2.32. The third-order valence-electron chi connectivity index (χ3n) is 3.21. The maximum Gasteiger partial charge on any atom is 0.127 e. The van der Waals surface area contributed by atoms with E-state index in [4.69, 9.17) is 9.47 Å². The van der Waals surface area contributed by atoms with Gasteiger partial charge in [-0.05, 0) is 11.5 Å². The van der Waals surface area contributed by atoms with Crippen molar-refractivity contribution in [3.8, 4) is 5.75 Å². The standard InChI is InChI=1S/C18H23NO3/c1-2-11-21-14-16(20)13-19-10-12-22-18-9-5-7-15-6-3-4-8-17(15)18/h2-9,16,19-20H,1,10-14H2/t16-/m0/s1. The van der Waals surface area contributed by atoms with E-state index in [0.717, 1.165) is 11.1 Å². The Kier molecular flexibility index (Phi) is 6.90. The van der Waals surface area contributed by atoms with Gasteiger partial charge in [0.15, 0.2) is 0 Å². The lowest BCUT2D eigenvalue weighted by atomic mass is 10.1. The van der Waals surface area contributed by atoms with Gasteiger partial charge in [-0.15, -0.1) is 6.58 Å². The zero-order valence-corrected chi connectivity index (χ0v) is 12.7. The summed E-state index contributed by atoms with van der Waals surface area (Å²) in [6, 6.07) is 14.2. The molecule has 22 heavy (non-hydrogen) atoms. The normalized spacial score (nSPS) is 12.2. The van der Waals surface area contributed by atoms with Crippen molar-refractivity contribution in [3.05, 3.63) is 55.1 Å². The van der Waals surface area contributed by atoms with E-state index in [9.17, 15) is 5.11 Å². The number of aliphatic hydroxyl groups is 1. The van der Waals surface area contributed by atoms with Gasteiger partial charge < -0.3 is 19.9 Å². The highest BCUT2D eigenvalue weighted by Gasteiger charge is 2.04. The van der Waals surface area contributed by atoms with Gasteiger partial charge in [-0.25, -0.2) is 0 Å². The molecule has 2 aromatic rings. The number of fused-ring (bicyclic) bond motifs is 1. The molecule has 0 radical (unpaired) electrons. The van der Waals surface area contributed by atoms with E-state index in [1.165, 1.54) is 5.39 Å². The summed E-state index contributed by atoms with van der Waals surface area (Å²) in [4.78, 5) is 0. The lowest BCUT2D eigenvalue weighted by Gasteiger charge is -2.13. The van der Waals surface area contributed by atoms with Gasteiger partial charge in [0.2, 0.25) is 0 Å². The summed E-state index contributed by atoms with van der Waals surface area (Å²) in [6.07, 6.45) is 1.15. The smallest absolute Gasteiger partial charge is 0.127 e. The summed E-state index contributed by atoms with van der Waals surface area (Å²) >= 11 is 0. The first-order valence-corrected chi connectivity index (χ1v) is 7.49. The molecule has 0 amide bonds. The summed E-state index contributed by atoms with van der Waals surface area (Å²) in [5.41, 5.74) is 0. The van der Waals surface area contributed by atoms with E-state index in [1.807, 2.05) is 24.3 Å². The lowest BCUT2D eigenvalue weighted by molar-refractivity contribution is 0.0491. The second-order valence-corrected chi connectivity index (χ2v) is 5.01. The fourth-order valence-electron chi connectivity index (χ4n) is 2.17. The zero-order valence-electron chi connectivity index (χ0n) is 12.7. The highest BCUT2D eigenvalue weighted by Crippen LogP contribution is 2.24. The van der Waals surface area contributed by atoms with E-state index < -0.39 is 6.10 Å². The second kappa shape index (κ2) is 9.20. The molecule has 1 atom stereocenters. The van der Waals surface area contributed by atoms with Gasteiger partial charge in [0.1, 0.15) is 12.4 Å². The minimum absolute atomic E-state index is 0.309. The summed E-state index contributed by atoms with van der Waals surface area (Å²) < 4.78 is 11.0. The molecule has 2 N–H and O–H groups in total. The molecule has 4 nitrogen and oxygen atoms in total. The van der Waals surface area contributed by atoms with Gasteiger partial charge in [-0.2, -0.15) is 0 Å². The van der Waals surface area contributed by atoms with Crippen molar-refractivity contribution in [1.82, 2.24) is 5.32 Å². The van der Waals surface area contributed by atoms with E-state index in [2.05, 4.69) is 30.1 Å². The molecule has 2 aromatic carbocycles. The number of hydrogen-bond acceptors (Lipinski definition) is 4. The highest BCUT2D eigenvalue weighted by molar-refractivity contribution is 5.88. The Hall–Kier alpha value is -1.88. The summed E-state index contributed by atoms with van der Waals surface area (Å²) in [5.74, 6) is 0.884.